The molecule has 1 aromatic carbocycles. The Labute approximate surface area is 117 Å². The van der Waals surface area contributed by atoms with Gasteiger partial charge in [-0.1, -0.05) is 12.1 Å². The molecule has 0 atom stereocenters. The first kappa shape index (κ1) is 14.5. The van der Waals surface area contributed by atoms with E-state index in [9.17, 15) is 14.9 Å². The van der Waals surface area contributed by atoms with Crippen molar-refractivity contribution in [3.8, 4) is 0 Å². The van der Waals surface area contributed by atoms with Crippen LogP contribution in [0.1, 0.15) is 24.8 Å². The molecule has 1 aromatic rings. The van der Waals surface area contributed by atoms with E-state index in [1.54, 1.807) is 24.1 Å². The average Bonchev–Trinajstić information content (AvgIpc) is 3.23. The molecule has 0 aromatic heterocycles. The minimum Gasteiger partial charge on any atom is -0.341 e. The van der Waals surface area contributed by atoms with Crippen LogP contribution >= 0.6 is 0 Å². The van der Waals surface area contributed by atoms with E-state index in [-0.39, 0.29) is 11.6 Å². The van der Waals surface area contributed by atoms with Gasteiger partial charge in [0, 0.05) is 44.7 Å². The van der Waals surface area contributed by atoms with Crippen molar-refractivity contribution in [2.45, 2.75) is 31.8 Å². The zero-order chi connectivity index (χ0) is 14.5. The van der Waals surface area contributed by atoms with E-state index in [4.69, 9.17) is 0 Å². The first-order valence-electron chi connectivity index (χ1n) is 6.77. The van der Waals surface area contributed by atoms with Crippen molar-refractivity contribution in [1.29, 1.82) is 0 Å². The number of amides is 1. The molecule has 6 nitrogen and oxygen atoms in total. The number of nitro benzene ring substituents is 1. The third kappa shape index (κ3) is 4.31. The van der Waals surface area contributed by atoms with E-state index in [0.29, 0.717) is 25.6 Å². The summed E-state index contributed by atoms with van der Waals surface area (Å²) < 4.78 is 0. The molecule has 20 heavy (non-hydrogen) atoms. The lowest BCUT2D eigenvalue weighted by Gasteiger charge is -2.17. The molecule has 1 saturated carbocycles. The summed E-state index contributed by atoms with van der Waals surface area (Å²) in [4.78, 5) is 23.8. The van der Waals surface area contributed by atoms with Crippen molar-refractivity contribution < 1.29 is 9.72 Å². The fourth-order valence-corrected chi connectivity index (χ4v) is 1.99. The lowest BCUT2D eigenvalue weighted by atomic mass is 10.2. The van der Waals surface area contributed by atoms with Gasteiger partial charge in [0.15, 0.2) is 0 Å². The van der Waals surface area contributed by atoms with Crippen molar-refractivity contribution in [2.24, 2.45) is 0 Å². The van der Waals surface area contributed by atoms with E-state index in [1.165, 1.54) is 25.0 Å². The van der Waals surface area contributed by atoms with Gasteiger partial charge in [-0.3, -0.25) is 14.9 Å². The highest BCUT2D eigenvalue weighted by Gasteiger charge is 2.20. The molecular formula is C14H19N3O3. The number of hydrogen-bond acceptors (Lipinski definition) is 4. The summed E-state index contributed by atoms with van der Waals surface area (Å²) in [7, 11) is 1.72. The molecule has 0 radical (unpaired) electrons. The Morgan fingerprint density at radius 2 is 2.25 bits per heavy atom. The number of carbonyl (C=O) groups excluding carboxylic acids is 1. The number of carbonyl (C=O) groups is 1. The summed E-state index contributed by atoms with van der Waals surface area (Å²) in [6.07, 6.45) is 2.87. The number of nitrogens with zero attached hydrogens (tertiary/aromatic N) is 2. The Bertz CT molecular complexity index is 500. The Hall–Kier alpha value is -1.95. The third-order valence-corrected chi connectivity index (χ3v) is 3.32. The number of non-ortho nitro benzene ring substituents is 1. The summed E-state index contributed by atoms with van der Waals surface area (Å²) in [6.45, 7) is 1.09. The van der Waals surface area contributed by atoms with Gasteiger partial charge in [0.1, 0.15) is 0 Å². The van der Waals surface area contributed by atoms with Gasteiger partial charge >= 0.3 is 0 Å². The van der Waals surface area contributed by atoms with Gasteiger partial charge in [-0.2, -0.15) is 0 Å². The van der Waals surface area contributed by atoms with Gasteiger partial charge in [-0.25, -0.2) is 0 Å². The van der Waals surface area contributed by atoms with Crippen molar-refractivity contribution >= 4 is 11.6 Å². The van der Waals surface area contributed by atoms with Crippen LogP contribution < -0.4 is 5.32 Å². The van der Waals surface area contributed by atoms with Gasteiger partial charge in [0.05, 0.1) is 4.92 Å². The van der Waals surface area contributed by atoms with Crippen LogP contribution in [0.2, 0.25) is 0 Å². The first-order valence-corrected chi connectivity index (χ1v) is 6.77. The molecule has 6 heteroatoms. The Kier molecular flexibility index (Phi) is 4.68. The smallest absolute Gasteiger partial charge is 0.269 e. The molecule has 0 aliphatic heterocycles. The minimum atomic E-state index is -0.426. The number of rotatable bonds is 7. The Morgan fingerprint density at radius 3 is 2.90 bits per heavy atom. The van der Waals surface area contributed by atoms with Crippen LogP contribution in [0.5, 0.6) is 0 Å². The molecule has 2 rings (SSSR count). The molecule has 1 fully saturated rings. The highest BCUT2D eigenvalue weighted by molar-refractivity contribution is 5.76. The molecule has 1 amide bonds. The number of nitro groups is 1. The molecule has 108 valence electrons. The quantitative estimate of drug-likeness (QED) is 0.608. The Morgan fingerprint density at radius 1 is 1.50 bits per heavy atom. The van der Waals surface area contributed by atoms with E-state index in [2.05, 4.69) is 5.32 Å². The summed E-state index contributed by atoms with van der Waals surface area (Å²) in [5.41, 5.74) is 0.823. The van der Waals surface area contributed by atoms with Gasteiger partial charge < -0.3 is 10.2 Å². The molecule has 0 spiro atoms. The normalized spacial score (nSPS) is 14.1. The lowest BCUT2D eigenvalue weighted by molar-refractivity contribution is -0.384. The van der Waals surface area contributed by atoms with Crippen LogP contribution in [0.3, 0.4) is 0 Å². The summed E-state index contributed by atoms with van der Waals surface area (Å²) >= 11 is 0. The number of benzene rings is 1. The van der Waals surface area contributed by atoms with Crippen LogP contribution in [0.25, 0.3) is 0 Å². The maximum absolute atomic E-state index is 11.9. The van der Waals surface area contributed by atoms with Gasteiger partial charge in [-0.15, -0.1) is 0 Å². The second-order valence-electron chi connectivity index (χ2n) is 5.16. The molecule has 1 N–H and O–H groups in total. The zero-order valence-electron chi connectivity index (χ0n) is 11.5. The molecule has 0 saturated heterocycles. The van der Waals surface area contributed by atoms with E-state index < -0.39 is 4.92 Å². The van der Waals surface area contributed by atoms with E-state index in [0.717, 1.165) is 5.56 Å². The summed E-state index contributed by atoms with van der Waals surface area (Å²) in [6, 6.07) is 6.99. The number of hydrogen-bond donors (Lipinski definition) is 1. The van der Waals surface area contributed by atoms with E-state index >= 15 is 0 Å². The first-order chi connectivity index (χ1) is 9.56. The van der Waals surface area contributed by atoms with Crippen molar-refractivity contribution in [1.82, 2.24) is 10.2 Å². The fourth-order valence-electron chi connectivity index (χ4n) is 1.99. The standard InChI is InChI=1S/C14H19N3O3/c1-16(14(18)7-8-15-12-5-6-12)10-11-3-2-4-13(9-11)17(19)20/h2-4,9,12,15H,5-8,10H2,1H3. The third-order valence-electron chi connectivity index (χ3n) is 3.32. The van der Waals surface area contributed by atoms with Crippen molar-refractivity contribution in [3.05, 3.63) is 39.9 Å². The maximum atomic E-state index is 11.9. The molecular weight excluding hydrogens is 258 g/mol. The molecule has 1 aliphatic rings. The predicted molar refractivity (Wildman–Crippen MR) is 75.2 cm³/mol. The maximum Gasteiger partial charge on any atom is 0.269 e. The molecule has 0 bridgehead atoms. The van der Waals surface area contributed by atoms with Crippen LogP contribution in [0.4, 0.5) is 5.69 Å². The highest BCUT2D eigenvalue weighted by Crippen LogP contribution is 2.18. The summed E-state index contributed by atoms with van der Waals surface area (Å²) in [5.74, 6) is 0.0460. The van der Waals surface area contributed by atoms with Crippen LogP contribution in [-0.2, 0) is 11.3 Å². The molecule has 0 unspecified atom stereocenters. The second kappa shape index (κ2) is 6.47. The van der Waals surface area contributed by atoms with Gasteiger partial charge in [0.2, 0.25) is 5.91 Å². The lowest BCUT2D eigenvalue weighted by Crippen LogP contribution is -2.30. The molecule has 0 heterocycles. The van der Waals surface area contributed by atoms with E-state index in [1.807, 2.05) is 0 Å². The monoisotopic (exact) mass is 277 g/mol. The van der Waals surface area contributed by atoms with Crippen molar-refractivity contribution in [2.75, 3.05) is 13.6 Å². The topological polar surface area (TPSA) is 75.5 Å². The van der Waals surface area contributed by atoms with Gasteiger partial charge in [0.25, 0.3) is 5.69 Å². The second-order valence-corrected chi connectivity index (χ2v) is 5.16. The minimum absolute atomic E-state index is 0.0460. The SMILES string of the molecule is CN(Cc1cccc([N+](=O)[O-])c1)C(=O)CCNC1CC1. The highest BCUT2D eigenvalue weighted by atomic mass is 16.6. The fraction of sp³-hybridized carbons (Fsp3) is 0.500. The predicted octanol–water partition coefficient (Wildman–Crippen LogP) is 1.70. The largest absolute Gasteiger partial charge is 0.341 e. The van der Waals surface area contributed by atoms with Gasteiger partial charge in [-0.05, 0) is 18.4 Å². The van der Waals surface area contributed by atoms with Crippen LogP contribution in [0, 0.1) is 10.1 Å². The zero-order valence-corrected chi connectivity index (χ0v) is 11.5. The number of nitrogens with one attached hydrogen (secondary N) is 1. The molecule has 1 aliphatic carbocycles. The van der Waals surface area contributed by atoms with Crippen LogP contribution in [-0.4, -0.2) is 35.4 Å². The Balaban J connectivity index is 1.82. The van der Waals surface area contributed by atoms with Crippen molar-refractivity contribution in [3.63, 3.8) is 0 Å². The summed E-state index contributed by atoms with van der Waals surface area (Å²) in [5, 5.41) is 14.0. The van der Waals surface area contributed by atoms with Crippen LogP contribution in [0.15, 0.2) is 24.3 Å². The average molecular weight is 277 g/mol.